The summed E-state index contributed by atoms with van der Waals surface area (Å²) in [7, 11) is 0. The zero-order valence-corrected chi connectivity index (χ0v) is 8.87. The van der Waals surface area contributed by atoms with Gasteiger partial charge in [-0.25, -0.2) is 0 Å². The number of carboxylic acids is 1. The zero-order valence-electron chi connectivity index (χ0n) is 8.87. The van der Waals surface area contributed by atoms with Crippen molar-refractivity contribution in [3.05, 3.63) is 0 Å². The first kappa shape index (κ1) is 14.5. The molecule has 0 saturated heterocycles. The first-order valence-electron chi connectivity index (χ1n) is 4.48. The third-order valence-electron chi connectivity index (χ3n) is 0.993. The van der Waals surface area contributed by atoms with Crippen molar-refractivity contribution in [3.63, 3.8) is 0 Å². The van der Waals surface area contributed by atoms with Crippen molar-refractivity contribution in [1.82, 2.24) is 0 Å². The van der Waals surface area contributed by atoms with E-state index in [0.717, 1.165) is 26.5 Å². The molecule has 0 unspecified atom stereocenters. The number of carbonyl (C=O) groups is 1. The van der Waals surface area contributed by atoms with E-state index >= 15 is 0 Å². The summed E-state index contributed by atoms with van der Waals surface area (Å²) >= 11 is 0. The lowest BCUT2D eigenvalue weighted by atomic mass is 10.5. The van der Waals surface area contributed by atoms with Crippen molar-refractivity contribution in [1.29, 1.82) is 0 Å². The van der Waals surface area contributed by atoms with Crippen LogP contribution in [0.3, 0.4) is 0 Å². The first-order valence-corrected chi connectivity index (χ1v) is 4.48. The maximum atomic E-state index is 8.89. The molecule has 0 aliphatic heterocycles. The number of hydrogen-bond donors (Lipinski definition) is 0. The van der Waals surface area contributed by atoms with Crippen LogP contribution in [0.2, 0.25) is 0 Å². The Hall–Kier alpha value is -1.06. The average Bonchev–Trinajstić information content (AvgIpc) is 2.03. The molecular formula is C9H19NO3. The van der Waals surface area contributed by atoms with Gasteiger partial charge in [0, 0.05) is 12.4 Å². The largest absolute Gasteiger partial charge is 0.550 e. The highest BCUT2D eigenvalue weighted by Crippen LogP contribution is 1.78. The molecule has 0 aromatic rings. The molecule has 4 heteroatoms. The Bertz CT molecular complexity index is 151. The molecule has 78 valence electrons. The quantitative estimate of drug-likeness (QED) is 0.361. The van der Waals surface area contributed by atoms with E-state index in [1.54, 1.807) is 0 Å². The second kappa shape index (κ2) is 10.9. The molecule has 0 aromatic heterocycles. The molecule has 0 aromatic carbocycles. The zero-order chi connectivity index (χ0) is 10.7. The molecule has 0 amide bonds. The topological polar surface area (TPSA) is 52.4 Å². The van der Waals surface area contributed by atoms with Crippen LogP contribution in [0.5, 0.6) is 0 Å². The predicted molar refractivity (Wildman–Crippen MR) is 49.5 cm³/mol. The standard InChI is InChI=1S/C7H16NO.C2H4O2/c1-4-7-8(5-2)9-6-3;1-2(3)4/h7H,4-6H2,1-3H3;1H3,(H,3,4)/q+1;/p-1. The smallest absolute Gasteiger partial charge is 0.192 e. The Labute approximate surface area is 79.8 Å². The minimum atomic E-state index is -1.08. The molecule has 13 heavy (non-hydrogen) atoms. The summed E-state index contributed by atoms with van der Waals surface area (Å²) in [6, 6.07) is 0. The lowest BCUT2D eigenvalue weighted by Crippen LogP contribution is -2.16. The van der Waals surface area contributed by atoms with Crippen molar-refractivity contribution in [3.8, 4) is 0 Å². The van der Waals surface area contributed by atoms with E-state index in [0.29, 0.717) is 0 Å². The molecule has 0 bridgehead atoms. The van der Waals surface area contributed by atoms with Crippen LogP contribution >= 0.6 is 0 Å². The number of nitrogens with zero attached hydrogens (tertiary/aromatic N) is 1. The normalized spacial score (nSPS) is 10.0. The molecular weight excluding hydrogens is 170 g/mol. The lowest BCUT2D eigenvalue weighted by Gasteiger charge is -1.95. The van der Waals surface area contributed by atoms with Crippen molar-refractivity contribution in [2.45, 2.75) is 34.1 Å². The Morgan fingerprint density at radius 3 is 2.15 bits per heavy atom. The molecule has 4 nitrogen and oxygen atoms in total. The number of aliphatic carboxylic acids is 1. The molecule has 0 heterocycles. The second-order valence-electron chi connectivity index (χ2n) is 2.23. The summed E-state index contributed by atoms with van der Waals surface area (Å²) in [6.45, 7) is 8.82. The molecule has 0 rings (SSSR count). The van der Waals surface area contributed by atoms with E-state index in [9.17, 15) is 0 Å². The van der Waals surface area contributed by atoms with Gasteiger partial charge >= 0.3 is 0 Å². The van der Waals surface area contributed by atoms with Crippen LogP contribution in [0, 0.1) is 0 Å². The first-order chi connectivity index (χ1) is 6.08. The van der Waals surface area contributed by atoms with Crippen LogP contribution in [0.1, 0.15) is 34.1 Å². The van der Waals surface area contributed by atoms with Gasteiger partial charge in [0.25, 0.3) is 0 Å². The van der Waals surface area contributed by atoms with Crippen LogP contribution in [0.4, 0.5) is 0 Å². The van der Waals surface area contributed by atoms with E-state index in [-0.39, 0.29) is 0 Å². The third-order valence-corrected chi connectivity index (χ3v) is 0.993. The van der Waals surface area contributed by atoms with Crippen LogP contribution in [0.25, 0.3) is 0 Å². The number of rotatable bonds is 4. The average molecular weight is 189 g/mol. The van der Waals surface area contributed by atoms with Gasteiger partial charge in [-0.05, 0) is 25.5 Å². The van der Waals surface area contributed by atoms with Gasteiger partial charge < -0.3 is 9.90 Å². The minimum absolute atomic E-state index is 0.754. The van der Waals surface area contributed by atoms with Crippen LogP contribution in [-0.4, -0.2) is 30.1 Å². The molecule has 0 saturated carbocycles. The van der Waals surface area contributed by atoms with Gasteiger partial charge in [-0.2, -0.15) is 0 Å². The van der Waals surface area contributed by atoms with Crippen LogP contribution < -0.4 is 5.11 Å². The highest BCUT2D eigenvalue weighted by atomic mass is 16.7. The summed E-state index contributed by atoms with van der Waals surface area (Å²) in [6.07, 6.45) is 3.08. The second-order valence-corrected chi connectivity index (χ2v) is 2.23. The highest BCUT2D eigenvalue weighted by Gasteiger charge is 1.95. The van der Waals surface area contributed by atoms with Crippen molar-refractivity contribution >= 4 is 12.2 Å². The number of hydrogen-bond acceptors (Lipinski definition) is 3. The van der Waals surface area contributed by atoms with E-state index in [4.69, 9.17) is 14.7 Å². The van der Waals surface area contributed by atoms with Gasteiger partial charge in [0.2, 0.25) is 0 Å². The van der Waals surface area contributed by atoms with Crippen LogP contribution in [-0.2, 0) is 9.63 Å². The monoisotopic (exact) mass is 189 g/mol. The molecule has 0 aliphatic rings. The summed E-state index contributed by atoms with van der Waals surface area (Å²) in [4.78, 5) is 14.1. The van der Waals surface area contributed by atoms with Crippen molar-refractivity contribution in [2.75, 3.05) is 13.2 Å². The SMILES string of the molecule is CC(=O)[O-].CCC=[N+](CC)OCC. The summed E-state index contributed by atoms with van der Waals surface area (Å²) in [5, 5.41) is 8.89. The van der Waals surface area contributed by atoms with Gasteiger partial charge in [0.1, 0.15) is 0 Å². The molecule has 0 radical (unpaired) electrons. The number of carboxylic acid groups (broad SMARTS) is 1. The fourth-order valence-corrected chi connectivity index (χ4v) is 0.643. The Balaban J connectivity index is 0. The third kappa shape index (κ3) is 18.2. The maximum absolute atomic E-state index is 8.89. The molecule has 0 aliphatic carbocycles. The van der Waals surface area contributed by atoms with Gasteiger partial charge in [0.15, 0.2) is 19.4 Å². The number of hydroxylamine groups is 1. The van der Waals surface area contributed by atoms with E-state index in [1.165, 1.54) is 0 Å². The fraction of sp³-hybridized carbons (Fsp3) is 0.778. The predicted octanol–water partition coefficient (Wildman–Crippen LogP) is 0.207. The molecule has 0 spiro atoms. The van der Waals surface area contributed by atoms with Crippen molar-refractivity contribution < 1.29 is 19.5 Å². The van der Waals surface area contributed by atoms with Gasteiger partial charge in [-0.15, -0.1) is 0 Å². The lowest BCUT2D eigenvalue weighted by molar-refractivity contribution is -0.782. The maximum Gasteiger partial charge on any atom is 0.192 e. The summed E-state index contributed by atoms with van der Waals surface area (Å²) in [5.74, 6) is -1.08. The Morgan fingerprint density at radius 2 is 1.92 bits per heavy atom. The van der Waals surface area contributed by atoms with Crippen LogP contribution in [0.15, 0.2) is 0 Å². The van der Waals surface area contributed by atoms with E-state index < -0.39 is 5.97 Å². The Kier molecular flexibility index (Phi) is 12.2. The molecule has 0 atom stereocenters. The molecule has 0 N–H and O–H groups in total. The highest BCUT2D eigenvalue weighted by molar-refractivity contribution is 5.60. The minimum Gasteiger partial charge on any atom is -0.550 e. The van der Waals surface area contributed by atoms with Gasteiger partial charge in [0.05, 0.1) is 0 Å². The Morgan fingerprint density at radius 1 is 1.46 bits per heavy atom. The summed E-state index contributed by atoms with van der Waals surface area (Å²) < 4.78 is 1.86. The van der Waals surface area contributed by atoms with Crippen molar-refractivity contribution in [2.24, 2.45) is 0 Å². The summed E-state index contributed by atoms with van der Waals surface area (Å²) in [5.41, 5.74) is 0. The van der Waals surface area contributed by atoms with Gasteiger partial charge in [-0.1, -0.05) is 6.92 Å². The number of carbonyl (C=O) groups excluding carboxylic acids is 1. The fourth-order valence-electron chi connectivity index (χ4n) is 0.643. The van der Waals surface area contributed by atoms with E-state index in [2.05, 4.69) is 13.8 Å². The van der Waals surface area contributed by atoms with Gasteiger partial charge in [-0.3, -0.25) is 4.84 Å². The molecule has 0 fully saturated rings. The van der Waals surface area contributed by atoms with E-state index in [1.807, 2.05) is 17.9 Å².